The van der Waals surface area contributed by atoms with Crippen molar-refractivity contribution in [3.63, 3.8) is 0 Å². The van der Waals surface area contributed by atoms with Gasteiger partial charge in [-0.1, -0.05) is 121 Å². The Hall–Kier alpha value is -3.88. The number of benzene rings is 4. The van der Waals surface area contributed by atoms with Crippen LogP contribution in [-0.4, -0.2) is 13.2 Å². The third-order valence-corrected chi connectivity index (χ3v) is 4.77. The molecule has 158 valence electrons. The summed E-state index contributed by atoms with van der Waals surface area (Å²) in [5.41, 5.74) is 4.40. The van der Waals surface area contributed by atoms with Crippen molar-refractivity contribution in [2.75, 3.05) is 13.2 Å². The molecule has 0 spiro atoms. The molecule has 0 aromatic heterocycles. The van der Waals surface area contributed by atoms with Crippen LogP contribution in [0.4, 0.5) is 0 Å². The van der Waals surface area contributed by atoms with Crippen LogP contribution >= 0.6 is 0 Å². The molecule has 0 N–H and O–H groups in total. The number of hydrogen-bond acceptors (Lipinski definition) is 2. The summed E-state index contributed by atoms with van der Waals surface area (Å²) in [6, 6.07) is 36.7. The third kappa shape index (κ3) is 6.83. The molecule has 4 aromatic rings. The van der Waals surface area contributed by atoms with E-state index in [1.165, 1.54) is 0 Å². The van der Waals surface area contributed by atoms with Gasteiger partial charge in [0.05, 0.1) is 13.2 Å². The van der Waals surface area contributed by atoms with Crippen LogP contribution in [0.15, 0.2) is 109 Å². The Kier molecular flexibility index (Phi) is 7.67. The molecule has 2 heteroatoms. The SMILES string of the molecule is C(=Cc1ccccc1Oc1ccccc1C=Cc1ccccc1)c1ccccc1.C1CO1. The van der Waals surface area contributed by atoms with Crippen LogP contribution in [0, 0.1) is 0 Å². The zero-order valence-electron chi connectivity index (χ0n) is 17.9. The van der Waals surface area contributed by atoms with Crippen molar-refractivity contribution >= 4 is 24.3 Å². The fourth-order valence-electron chi connectivity index (χ4n) is 3.04. The molecular formula is C30H26O2. The van der Waals surface area contributed by atoms with Crippen molar-refractivity contribution in [2.45, 2.75) is 0 Å². The lowest BCUT2D eigenvalue weighted by molar-refractivity contribution is 0.475. The molecule has 32 heavy (non-hydrogen) atoms. The van der Waals surface area contributed by atoms with Gasteiger partial charge in [-0.3, -0.25) is 0 Å². The largest absolute Gasteiger partial charge is 0.456 e. The minimum atomic E-state index is 0.834. The van der Waals surface area contributed by atoms with Gasteiger partial charge in [-0.15, -0.1) is 0 Å². The maximum atomic E-state index is 6.31. The van der Waals surface area contributed by atoms with Gasteiger partial charge in [-0.25, -0.2) is 0 Å². The average molecular weight is 419 g/mol. The molecule has 5 rings (SSSR count). The molecule has 1 fully saturated rings. The lowest BCUT2D eigenvalue weighted by atomic mass is 10.1. The van der Waals surface area contributed by atoms with Crippen molar-refractivity contribution in [2.24, 2.45) is 0 Å². The van der Waals surface area contributed by atoms with E-state index in [9.17, 15) is 0 Å². The van der Waals surface area contributed by atoms with Crippen molar-refractivity contribution in [1.29, 1.82) is 0 Å². The maximum Gasteiger partial charge on any atom is 0.134 e. The standard InChI is InChI=1S/C28H22O.C2H4O/c1-3-11-23(12-4-1)19-21-25-15-7-9-17-27(25)29-28-18-10-8-16-26(28)22-20-24-13-5-2-6-14-24;1-2-3-1/h1-22H;1-2H2. The molecule has 4 aromatic carbocycles. The van der Waals surface area contributed by atoms with E-state index in [1.54, 1.807) is 0 Å². The first kappa shape index (κ1) is 21.4. The highest BCUT2D eigenvalue weighted by atomic mass is 16.6. The zero-order chi connectivity index (χ0) is 21.8. The summed E-state index contributed by atoms with van der Waals surface area (Å²) in [5.74, 6) is 1.67. The number of hydrogen-bond donors (Lipinski definition) is 0. The molecule has 1 aliphatic heterocycles. The van der Waals surface area contributed by atoms with Gasteiger partial charge in [-0.2, -0.15) is 0 Å². The van der Waals surface area contributed by atoms with E-state index in [0.717, 1.165) is 47.0 Å². The van der Waals surface area contributed by atoms with E-state index in [1.807, 2.05) is 72.8 Å². The molecule has 1 saturated heterocycles. The lowest BCUT2D eigenvalue weighted by Gasteiger charge is -2.11. The van der Waals surface area contributed by atoms with E-state index >= 15 is 0 Å². The molecule has 0 saturated carbocycles. The van der Waals surface area contributed by atoms with Crippen LogP contribution in [0.25, 0.3) is 24.3 Å². The second kappa shape index (κ2) is 11.5. The Bertz CT molecular complexity index is 1070. The fraction of sp³-hybridized carbons (Fsp3) is 0.0667. The van der Waals surface area contributed by atoms with Crippen LogP contribution in [0.3, 0.4) is 0 Å². The van der Waals surface area contributed by atoms with Crippen LogP contribution in [0.1, 0.15) is 22.3 Å². The van der Waals surface area contributed by atoms with Crippen LogP contribution in [0.5, 0.6) is 11.5 Å². The Morgan fingerprint density at radius 2 is 0.844 bits per heavy atom. The third-order valence-electron chi connectivity index (χ3n) is 4.77. The van der Waals surface area contributed by atoms with Crippen LogP contribution in [0.2, 0.25) is 0 Å². The van der Waals surface area contributed by atoms with Crippen molar-refractivity contribution in [3.8, 4) is 11.5 Å². The first-order valence-corrected chi connectivity index (χ1v) is 10.8. The van der Waals surface area contributed by atoms with E-state index in [4.69, 9.17) is 4.74 Å². The molecule has 0 bridgehead atoms. The van der Waals surface area contributed by atoms with Crippen LogP contribution < -0.4 is 4.74 Å². The van der Waals surface area contributed by atoms with Gasteiger partial charge < -0.3 is 9.47 Å². The summed E-state index contributed by atoms with van der Waals surface area (Å²) in [4.78, 5) is 0. The van der Waals surface area contributed by atoms with Gasteiger partial charge >= 0.3 is 0 Å². The second-order valence-corrected chi connectivity index (χ2v) is 7.28. The zero-order valence-corrected chi connectivity index (χ0v) is 17.9. The van der Waals surface area contributed by atoms with Gasteiger partial charge in [0.1, 0.15) is 11.5 Å². The van der Waals surface area contributed by atoms with Gasteiger partial charge in [-0.05, 0) is 23.3 Å². The van der Waals surface area contributed by atoms with Crippen molar-refractivity contribution in [3.05, 3.63) is 131 Å². The van der Waals surface area contributed by atoms with E-state index < -0.39 is 0 Å². The molecule has 0 atom stereocenters. The number of para-hydroxylation sites is 2. The molecule has 0 aliphatic carbocycles. The lowest BCUT2D eigenvalue weighted by Crippen LogP contribution is -1.89. The average Bonchev–Trinajstić information content (AvgIpc) is 3.74. The van der Waals surface area contributed by atoms with Crippen molar-refractivity contribution in [1.82, 2.24) is 0 Å². The summed E-state index contributed by atoms with van der Waals surface area (Å²) < 4.78 is 10.8. The molecular weight excluding hydrogens is 392 g/mol. The van der Waals surface area contributed by atoms with E-state index in [-0.39, 0.29) is 0 Å². The summed E-state index contributed by atoms with van der Waals surface area (Å²) in [7, 11) is 0. The van der Waals surface area contributed by atoms with Gasteiger partial charge in [0.2, 0.25) is 0 Å². The Morgan fingerprint density at radius 1 is 0.469 bits per heavy atom. The highest BCUT2D eigenvalue weighted by Crippen LogP contribution is 2.30. The molecule has 1 heterocycles. The summed E-state index contributed by atoms with van der Waals surface area (Å²) in [6.45, 7) is 2.00. The first-order valence-electron chi connectivity index (χ1n) is 10.8. The Labute approximate surface area is 190 Å². The predicted molar refractivity (Wildman–Crippen MR) is 135 cm³/mol. The highest BCUT2D eigenvalue weighted by Gasteiger charge is 2.05. The Balaban J connectivity index is 0.000000754. The topological polar surface area (TPSA) is 21.8 Å². The number of rotatable bonds is 6. The molecule has 1 aliphatic rings. The smallest absolute Gasteiger partial charge is 0.134 e. The monoisotopic (exact) mass is 418 g/mol. The van der Waals surface area contributed by atoms with E-state index in [0.29, 0.717) is 0 Å². The fourth-order valence-corrected chi connectivity index (χ4v) is 3.04. The maximum absolute atomic E-state index is 6.31. The minimum Gasteiger partial charge on any atom is -0.456 e. The molecule has 2 nitrogen and oxygen atoms in total. The minimum absolute atomic E-state index is 0.834. The normalized spacial score (nSPS) is 12.4. The summed E-state index contributed by atoms with van der Waals surface area (Å²) >= 11 is 0. The Morgan fingerprint density at radius 3 is 1.25 bits per heavy atom. The number of epoxide rings is 1. The molecule has 0 amide bonds. The summed E-state index contributed by atoms with van der Waals surface area (Å²) in [5, 5.41) is 0. The molecule has 0 unspecified atom stereocenters. The second-order valence-electron chi connectivity index (χ2n) is 7.28. The van der Waals surface area contributed by atoms with Gasteiger partial charge in [0.25, 0.3) is 0 Å². The van der Waals surface area contributed by atoms with Gasteiger partial charge in [0, 0.05) is 11.1 Å². The van der Waals surface area contributed by atoms with Gasteiger partial charge in [0.15, 0.2) is 0 Å². The highest BCUT2D eigenvalue weighted by molar-refractivity contribution is 5.74. The van der Waals surface area contributed by atoms with E-state index in [2.05, 4.69) is 65.4 Å². The van der Waals surface area contributed by atoms with Crippen LogP contribution in [-0.2, 0) is 4.74 Å². The number of ether oxygens (including phenoxy) is 2. The quantitative estimate of drug-likeness (QED) is 0.235. The summed E-state index contributed by atoms with van der Waals surface area (Å²) in [6.07, 6.45) is 8.38. The van der Waals surface area contributed by atoms with Crippen molar-refractivity contribution < 1.29 is 9.47 Å². The predicted octanol–water partition coefficient (Wildman–Crippen LogP) is 7.84. The molecule has 0 radical (unpaired) electrons. The first-order chi connectivity index (χ1) is 15.9.